The fraction of sp³-hybridized carbons (Fsp3) is 0.389. The monoisotopic (exact) mass is 342 g/mol. The van der Waals surface area contributed by atoms with Gasteiger partial charge in [0.05, 0.1) is 19.2 Å². The molecule has 1 aromatic heterocycles. The Morgan fingerprint density at radius 2 is 2.00 bits per heavy atom. The first-order valence-corrected chi connectivity index (χ1v) is 8.28. The van der Waals surface area contributed by atoms with Gasteiger partial charge < -0.3 is 15.0 Å². The fourth-order valence-electron chi connectivity index (χ4n) is 2.95. The summed E-state index contributed by atoms with van der Waals surface area (Å²) in [6.07, 6.45) is 1.85. The number of amides is 2. The van der Waals surface area contributed by atoms with Gasteiger partial charge in [0.1, 0.15) is 11.6 Å². The summed E-state index contributed by atoms with van der Waals surface area (Å²) in [6, 6.07) is 9.16. The molecule has 1 N–H and O–H groups in total. The van der Waals surface area contributed by atoms with Gasteiger partial charge in [-0.2, -0.15) is 5.10 Å². The molecule has 0 aliphatic carbocycles. The van der Waals surface area contributed by atoms with Crippen molar-refractivity contribution in [2.45, 2.75) is 26.3 Å². The lowest BCUT2D eigenvalue weighted by Crippen LogP contribution is -2.28. The lowest BCUT2D eigenvalue weighted by molar-refractivity contribution is -0.122. The number of benzene rings is 1. The number of aromatic nitrogens is 2. The van der Waals surface area contributed by atoms with E-state index in [1.165, 1.54) is 0 Å². The summed E-state index contributed by atoms with van der Waals surface area (Å²) in [5.74, 6) is 0.779. The van der Waals surface area contributed by atoms with E-state index < -0.39 is 0 Å². The number of carbonyl (C=O) groups excluding carboxylic acids is 2. The maximum atomic E-state index is 12.6. The first-order chi connectivity index (χ1) is 12.0. The normalized spacial score (nSPS) is 17.2. The van der Waals surface area contributed by atoms with E-state index in [0.717, 1.165) is 11.4 Å². The molecule has 0 radical (unpaired) electrons. The average Bonchev–Trinajstić information content (AvgIpc) is 3.21. The number of nitrogens with zero attached hydrogens (tertiary/aromatic N) is 3. The Hall–Kier alpha value is -2.83. The van der Waals surface area contributed by atoms with Gasteiger partial charge in [0.25, 0.3) is 0 Å². The van der Waals surface area contributed by atoms with Crippen molar-refractivity contribution in [1.29, 1.82) is 0 Å². The average molecular weight is 342 g/mol. The summed E-state index contributed by atoms with van der Waals surface area (Å²) in [5, 5.41) is 7.09. The van der Waals surface area contributed by atoms with Gasteiger partial charge in [-0.25, -0.2) is 4.68 Å². The lowest BCUT2D eigenvalue weighted by Gasteiger charge is -2.17. The molecule has 1 aromatic carbocycles. The third kappa shape index (κ3) is 3.50. The molecular weight excluding hydrogens is 320 g/mol. The zero-order chi connectivity index (χ0) is 18.0. The number of anilines is 2. The van der Waals surface area contributed by atoms with Gasteiger partial charge >= 0.3 is 0 Å². The molecular formula is C18H22N4O3. The van der Waals surface area contributed by atoms with E-state index in [0.29, 0.717) is 12.4 Å². The summed E-state index contributed by atoms with van der Waals surface area (Å²) in [5.41, 5.74) is 0.772. The van der Waals surface area contributed by atoms with Crippen LogP contribution < -0.4 is 15.0 Å². The van der Waals surface area contributed by atoms with Gasteiger partial charge in [-0.15, -0.1) is 0 Å². The number of methoxy groups -OCH3 is 1. The first-order valence-electron chi connectivity index (χ1n) is 8.28. The van der Waals surface area contributed by atoms with Crippen LogP contribution in [0.25, 0.3) is 0 Å². The molecule has 132 valence electrons. The number of hydrogen-bond acceptors (Lipinski definition) is 4. The predicted molar refractivity (Wildman–Crippen MR) is 94.7 cm³/mol. The van der Waals surface area contributed by atoms with E-state index in [1.807, 2.05) is 26.0 Å². The van der Waals surface area contributed by atoms with Crippen LogP contribution in [0.15, 0.2) is 36.5 Å². The summed E-state index contributed by atoms with van der Waals surface area (Å²) in [7, 11) is 1.60. The van der Waals surface area contributed by atoms with Crippen LogP contribution in [0, 0.1) is 5.92 Å². The van der Waals surface area contributed by atoms with Gasteiger partial charge in [-0.1, -0.05) is 0 Å². The zero-order valence-corrected chi connectivity index (χ0v) is 14.6. The number of ether oxygens (including phenoxy) is 1. The Bertz CT molecular complexity index is 767. The van der Waals surface area contributed by atoms with Crippen LogP contribution in [-0.4, -0.2) is 35.2 Å². The van der Waals surface area contributed by atoms with E-state index in [4.69, 9.17) is 4.74 Å². The number of carbonyl (C=O) groups is 2. The topological polar surface area (TPSA) is 76.5 Å². The number of nitrogens with one attached hydrogen (secondary N) is 1. The second-order valence-corrected chi connectivity index (χ2v) is 6.35. The minimum Gasteiger partial charge on any atom is -0.497 e. The second kappa shape index (κ2) is 6.96. The molecule has 0 unspecified atom stereocenters. The van der Waals surface area contributed by atoms with Crippen LogP contribution in [0.4, 0.5) is 11.5 Å². The SMILES string of the molecule is COc1ccc(N2C[C@@H](C(=O)Nc3ccnn3C(C)C)CC2=O)cc1. The zero-order valence-electron chi connectivity index (χ0n) is 14.6. The molecule has 7 heteroatoms. The highest BCUT2D eigenvalue weighted by Gasteiger charge is 2.35. The van der Waals surface area contributed by atoms with Gasteiger partial charge in [0.15, 0.2) is 0 Å². The predicted octanol–water partition coefficient (Wildman–Crippen LogP) is 2.46. The highest BCUT2D eigenvalue weighted by Crippen LogP contribution is 2.27. The summed E-state index contributed by atoms with van der Waals surface area (Å²) in [4.78, 5) is 26.5. The van der Waals surface area contributed by atoms with E-state index in [-0.39, 0.29) is 30.2 Å². The quantitative estimate of drug-likeness (QED) is 0.905. The second-order valence-electron chi connectivity index (χ2n) is 6.35. The summed E-state index contributed by atoms with van der Waals surface area (Å²) < 4.78 is 6.88. The molecule has 1 fully saturated rings. The van der Waals surface area contributed by atoms with E-state index in [2.05, 4.69) is 10.4 Å². The van der Waals surface area contributed by atoms with Gasteiger partial charge in [-0.05, 0) is 38.1 Å². The molecule has 7 nitrogen and oxygen atoms in total. The Morgan fingerprint density at radius 1 is 1.28 bits per heavy atom. The molecule has 1 aliphatic heterocycles. The largest absolute Gasteiger partial charge is 0.497 e. The Morgan fingerprint density at radius 3 is 2.64 bits per heavy atom. The molecule has 25 heavy (non-hydrogen) atoms. The highest BCUT2D eigenvalue weighted by molar-refractivity contribution is 6.03. The van der Waals surface area contributed by atoms with Crippen molar-refractivity contribution in [2.24, 2.45) is 5.92 Å². The Balaban J connectivity index is 1.69. The molecule has 1 atom stereocenters. The van der Waals surface area contributed by atoms with Crippen molar-refractivity contribution in [2.75, 3.05) is 23.9 Å². The van der Waals surface area contributed by atoms with Crippen LogP contribution in [0.5, 0.6) is 5.75 Å². The lowest BCUT2D eigenvalue weighted by atomic mass is 10.1. The fourth-order valence-corrected chi connectivity index (χ4v) is 2.95. The molecule has 3 rings (SSSR count). The van der Waals surface area contributed by atoms with Crippen molar-refractivity contribution < 1.29 is 14.3 Å². The Labute approximate surface area is 146 Å². The molecule has 1 aliphatic rings. The molecule has 2 heterocycles. The van der Waals surface area contributed by atoms with Crippen molar-refractivity contribution in [1.82, 2.24) is 9.78 Å². The van der Waals surface area contributed by atoms with Gasteiger partial charge in [0.2, 0.25) is 11.8 Å². The Kier molecular flexibility index (Phi) is 4.74. The molecule has 0 spiro atoms. The summed E-state index contributed by atoms with van der Waals surface area (Å²) in [6.45, 7) is 4.35. The van der Waals surface area contributed by atoms with Gasteiger partial charge in [-0.3, -0.25) is 9.59 Å². The summed E-state index contributed by atoms with van der Waals surface area (Å²) >= 11 is 0. The number of rotatable bonds is 5. The van der Waals surface area contributed by atoms with Crippen molar-refractivity contribution >= 4 is 23.3 Å². The number of hydrogen-bond donors (Lipinski definition) is 1. The minimum atomic E-state index is -0.384. The van der Waals surface area contributed by atoms with Crippen LogP contribution in [-0.2, 0) is 9.59 Å². The standard InChI is InChI=1S/C18H22N4O3/c1-12(2)22-16(8-9-19-22)20-18(24)13-10-17(23)21(11-13)14-4-6-15(25-3)7-5-14/h4-9,12-13H,10-11H2,1-3H3,(H,20,24)/t13-/m0/s1. The minimum absolute atomic E-state index is 0.0531. The van der Waals surface area contributed by atoms with E-state index in [9.17, 15) is 9.59 Å². The van der Waals surface area contributed by atoms with Crippen molar-refractivity contribution in [3.8, 4) is 5.75 Å². The molecule has 0 saturated carbocycles. The molecule has 1 saturated heterocycles. The van der Waals surface area contributed by atoms with Crippen molar-refractivity contribution in [3.05, 3.63) is 36.5 Å². The highest BCUT2D eigenvalue weighted by atomic mass is 16.5. The van der Waals surface area contributed by atoms with E-state index >= 15 is 0 Å². The van der Waals surface area contributed by atoms with Crippen LogP contribution in [0.1, 0.15) is 26.3 Å². The third-order valence-electron chi connectivity index (χ3n) is 4.29. The maximum Gasteiger partial charge on any atom is 0.230 e. The van der Waals surface area contributed by atoms with E-state index in [1.54, 1.807) is 41.1 Å². The molecule has 2 aromatic rings. The van der Waals surface area contributed by atoms with Crippen LogP contribution >= 0.6 is 0 Å². The van der Waals surface area contributed by atoms with Crippen molar-refractivity contribution in [3.63, 3.8) is 0 Å². The molecule has 2 amide bonds. The smallest absolute Gasteiger partial charge is 0.230 e. The third-order valence-corrected chi connectivity index (χ3v) is 4.29. The van der Waals surface area contributed by atoms with Crippen LogP contribution in [0.2, 0.25) is 0 Å². The first kappa shape index (κ1) is 17.0. The molecule has 0 bridgehead atoms. The van der Waals surface area contributed by atoms with Crippen LogP contribution in [0.3, 0.4) is 0 Å². The maximum absolute atomic E-state index is 12.6. The van der Waals surface area contributed by atoms with Gasteiger partial charge in [0, 0.05) is 30.8 Å².